The Labute approximate surface area is 107 Å². The fourth-order valence-electron chi connectivity index (χ4n) is 1.54. The molecule has 0 aliphatic rings. The van der Waals surface area contributed by atoms with Crippen LogP contribution in [-0.4, -0.2) is 12.2 Å². The third-order valence-electron chi connectivity index (χ3n) is 2.38. The number of ether oxygens (including phenoxy) is 1. The number of methoxy groups -OCH3 is 1. The monoisotopic (exact) mass is 272 g/mol. The first kappa shape index (κ1) is 12.4. The average Bonchev–Trinajstić information content (AvgIpc) is 2.79. The summed E-state index contributed by atoms with van der Waals surface area (Å²) in [4.78, 5) is 0.611. The van der Waals surface area contributed by atoms with E-state index < -0.39 is 11.9 Å². The molecule has 5 heteroatoms. The van der Waals surface area contributed by atoms with Crippen LogP contribution < -0.4 is 4.74 Å². The molecule has 1 aromatic carbocycles. The van der Waals surface area contributed by atoms with Gasteiger partial charge >= 0.3 is 0 Å². The average molecular weight is 273 g/mol. The van der Waals surface area contributed by atoms with Gasteiger partial charge in [0.15, 0.2) is 0 Å². The Morgan fingerprint density at radius 3 is 2.88 bits per heavy atom. The summed E-state index contributed by atoms with van der Waals surface area (Å²) in [6.07, 6.45) is -0.979. The van der Waals surface area contributed by atoms with Crippen LogP contribution in [0.15, 0.2) is 29.6 Å². The maximum absolute atomic E-state index is 13.1. The van der Waals surface area contributed by atoms with Crippen molar-refractivity contribution in [2.24, 2.45) is 0 Å². The molecule has 0 aliphatic heterocycles. The highest BCUT2D eigenvalue weighted by Gasteiger charge is 2.19. The minimum Gasteiger partial charge on any atom is -0.495 e. The molecule has 0 radical (unpaired) electrons. The third kappa shape index (κ3) is 2.44. The van der Waals surface area contributed by atoms with E-state index in [0.717, 1.165) is 0 Å². The molecule has 2 rings (SSSR count). The van der Waals surface area contributed by atoms with Gasteiger partial charge in [-0.2, -0.15) is 0 Å². The van der Waals surface area contributed by atoms with E-state index in [0.29, 0.717) is 21.2 Å². The summed E-state index contributed by atoms with van der Waals surface area (Å²) in [7, 11) is 1.52. The number of benzene rings is 1. The van der Waals surface area contributed by atoms with Gasteiger partial charge in [0.2, 0.25) is 0 Å². The van der Waals surface area contributed by atoms with Crippen LogP contribution in [0.5, 0.6) is 5.75 Å². The van der Waals surface area contributed by atoms with E-state index in [1.54, 1.807) is 11.4 Å². The topological polar surface area (TPSA) is 29.5 Å². The number of halogens is 2. The highest BCUT2D eigenvalue weighted by atomic mass is 35.5. The Morgan fingerprint density at radius 2 is 2.18 bits per heavy atom. The molecule has 0 amide bonds. The normalized spacial score (nSPS) is 12.5. The van der Waals surface area contributed by atoms with Gasteiger partial charge in [0.1, 0.15) is 17.7 Å². The van der Waals surface area contributed by atoms with E-state index in [2.05, 4.69) is 0 Å². The number of hydrogen-bond donors (Lipinski definition) is 1. The van der Waals surface area contributed by atoms with Crippen LogP contribution in [0.2, 0.25) is 5.02 Å². The molecule has 0 bridgehead atoms. The van der Waals surface area contributed by atoms with E-state index in [1.165, 1.54) is 36.6 Å². The molecule has 1 atom stereocenters. The molecule has 0 saturated heterocycles. The molecule has 2 nitrogen and oxygen atoms in total. The van der Waals surface area contributed by atoms with Gasteiger partial charge in [0, 0.05) is 10.6 Å². The van der Waals surface area contributed by atoms with Crippen LogP contribution in [0.25, 0.3) is 0 Å². The molecule has 1 N–H and O–H groups in total. The minimum absolute atomic E-state index is 0.328. The quantitative estimate of drug-likeness (QED) is 0.924. The molecule has 90 valence electrons. The smallest absolute Gasteiger partial charge is 0.135 e. The second-order valence-electron chi connectivity index (χ2n) is 3.42. The lowest BCUT2D eigenvalue weighted by atomic mass is 10.1. The SMILES string of the molecule is COc1ccsc1C(O)c1cc(F)ccc1Cl. The lowest BCUT2D eigenvalue weighted by Crippen LogP contribution is -2.00. The fourth-order valence-corrected chi connectivity index (χ4v) is 2.63. The Morgan fingerprint density at radius 1 is 1.41 bits per heavy atom. The third-order valence-corrected chi connectivity index (χ3v) is 3.67. The Bertz CT molecular complexity index is 527. The first-order valence-corrected chi connectivity index (χ1v) is 6.13. The second kappa shape index (κ2) is 5.04. The van der Waals surface area contributed by atoms with Gasteiger partial charge in [-0.05, 0) is 29.6 Å². The van der Waals surface area contributed by atoms with Gasteiger partial charge < -0.3 is 9.84 Å². The largest absolute Gasteiger partial charge is 0.495 e. The highest BCUT2D eigenvalue weighted by Crippen LogP contribution is 2.37. The maximum atomic E-state index is 13.1. The molecule has 1 heterocycles. The van der Waals surface area contributed by atoms with Crippen LogP contribution >= 0.6 is 22.9 Å². The van der Waals surface area contributed by atoms with Gasteiger partial charge in [-0.1, -0.05) is 11.6 Å². The predicted octanol–water partition coefficient (Wildman–Crippen LogP) is 3.63. The molecular weight excluding hydrogens is 263 g/mol. The zero-order chi connectivity index (χ0) is 12.4. The van der Waals surface area contributed by atoms with Crippen molar-refractivity contribution >= 4 is 22.9 Å². The van der Waals surface area contributed by atoms with Crippen LogP contribution in [0.4, 0.5) is 4.39 Å². The van der Waals surface area contributed by atoms with Crippen LogP contribution in [0.1, 0.15) is 16.5 Å². The molecule has 0 fully saturated rings. The summed E-state index contributed by atoms with van der Waals surface area (Å²) >= 11 is 7.28. The molecule has 0 spiro atoms. The van der Waals surface area contributed by atoms with Gasteiger partial charge in [-0.25, -0.2) is 4.39 Å². The Hall–Kier alpha value is -1.10. The summed E-state index contributed by atoms with van der Waals surface area (Å²) in [6.45, 7) is 0. The standard InChI is InChI=1S/C12H10ClFO2S/c1-16-10-4-5-17-12(10)11(15)8-6-7(14)2-3-9(8)13/h2-6,11,15H,1H3. The van der Waals surface area contributed by atoms with Gasteiger partial charge in [0.25, 0.3) is 0 Å². The number of aliphatic hydroxyl groups excluding tert-OH is 1. The lowest BCUT2D eigenvalue weighted by Gasteiger charge is -2.12. The van der Waals surface area contributed by atoms with Crippen LogP contribution in [0.3, 0.4) is 0 Å². The van der Waals surface area contributed by atoms with Gasteiger partial charge in [-0.3, -0.25) is 0 Å². The van der Waals surface area contributed by atoms with E-state index in [-0.39, 0.29) is 0 Å². The minimum atomic E-state index is -0.979. The molecular formula is C12H10ClFO2S. The summed E-state index contributed by atoms with van der Waals surface area (Å²) in [5.74, 6) is 0.141. The molecule has 2 aromatic rings. The second-order valence-corrected chi connectivity index (χ2v) is 4.78. The van der Waals surface area contributed by atoms with Crippen molar-refractivity contribution in [3.63, 3.8) is 0 Å². The van der Waals surface area contributed by atoms with Gasteiger partial charge in [0.05, 0.1) is 12.0 Å². The first-order valence-electron chi connectivity index (χ1n) is 4.88. The van der Waals surface area contributed by atoms with E-state index in [1.807, 2.05) is 0 Å². The fraction of sp³-hybridized carbons (Fsp3) is 0.167. The van der Waals surface area contributed by atoms with Crippen molar-refractivity contribution in [2.45, 2.75) is 6.10 Å². The lowest BCUT2D eigenvalue weighted by molar-refractivity contribution is 0.218. The molecule has 17 heavy (non-hydrogen) atoms. The Kier molecular flexibility index (Phi) is 3.66. The summed E-state index contributed by atoms with van der Waals surface area (Å²) < 4.78 is 18.2. The predicted molar refractivity (Wildman–Crippen MR) is 66.3 cm³/mol. The first-order chi connectivity index (χ1) is 8.13. The van der Waals surface area contributed by atoms with Crippen molar-refractivity contribution < 1.29 is 14.2 Å². The Balaban J connectivity index is 2.43. The highest BCUT2D eigenvalue weighted by molar-refractivity contribution is 7.10. The summed E-state index contributed by atoms with van der Waals surface area (Å²) in [6, 6.07) is 5.66. The number of rotatable bonds is 3. The molecule has 1 aromatic heterocycles. The zero-order valence-corrected chi connectivity index (χ0v) is 10.6. The molecule has 0 aliphatic carbocycles. The van der Waals surface area contributed by atoms with Crippen molar-refractivity contribution in [2.75, 3.05) is 7.11 Å². The maximum Gasteiger partial charge on any atom is 0.135 e. The number of hydrogen-bond acceptors (Lipinski definition) is 3. The van der Waals surface area contributed by atoms with Crippen molar-refractivity contribution in [1.29, 1.82) is 0 Å². The summed E-state index contributed by atoms with van der Waals surface area (Å²) in [5.41, 5.74) is 0.340. The van der Waals surface area contributed by atoms with E-state index in [9.17, 15) is 9.50 Å². The van der Waals surface area contributed by atoms with Crippen LogP contribution in [0, 0.1) is 5.82 Å². The van der Waals surface area contributed by atoms with Crippen molar-refractivity contribution in [3.05, 3.63) is 50.9 Å². The molecule has 1 unspecified atom stereocenters. The van der Waals surface area contributed by atoms with Crippen molar-refractivity contribution in [1.82, 2.24) is 0 Å². The molecule has 0 saturated carbocycles. The zero-order valence-electron chi connectivity index (χ0n) is 8.98. The van der Waals surface area contributed by atoms with Gasteiger partial charge in [-0.15, -0.1) is 11.3 Å². The summed E-state index contributed by atoms with van der Waals surface area (Å²) in [5, 5.41) is 12.3. The number of thiophene rings is 1. The van der Waals surface area contributed by atoms with Crippen LogP contribution in [-0.2, 0) is 0 Å². The number of aliphatic hydroxyl groups is 1. The van der Waals surface area contributed by atoms with E-state index >= 15 is 0 Å². The van der Waals surface area contributed by atoms with Crippen molar-refractivity contribution in [3.8, 4) is 5.75 Å². The van der Waals surface area contributed by atoms with E-state index in [4.69, 9.17) is 16.3 Å².